The smallest absolute Gasteiger partial charge is 0.0594 e. The van der Waals surface area contributed by atoms with E-state index in [0.29, 0.717) is 0 Å². The normalized spacial score (nSPS) is 39.4. The van der Waals surface area contributed by atoms with Crippen LogP contribution in [-0.2, 0) is 4.74 Å². The SMILES string of the molecule is C(CN1CCOCC1)N[C@H]1C[C@H]2CC[C@H]1C2. The van der Waals surface area contributed by atoms with E-state index < -0.39 is 0 Å². The second-order valence-corrected chi connectivity index (χ2v) is 5.69. The van der Waals surface area contributed by atoms with E-state index in [4.69, 9.17) is 4.74 Å². The molecule has 1 N–H and O–H groups in total. The Balaban J connectivity index is 1.34. The number of nitrogens with zero attached hydrogens (tertiary/aromatic N) is 1. The van der Waals surface area contributed by atoms with Gasteiger partial charge in [0.25, 0.3) is 0 Å². The molecule has 3 aliphatic rings. The van der Waals surface area contributed by atoms with Crippen molar-refractivity contribution < 1.29 is 4.74 Å². The van der Waals surface area contributed by atoms with Crippen LogP contribution in [0.1, 0.15) is 25.7 Å². The van der Waals surface area contributed by atoms with Gasteiger partial charge in [-0.3, -0.25) is 4.90 Å². The quantitative estimate of drug-likeness (QED) is 0.774. The molecule has 3 heteroatoms. The van der Waals surface area contributed by atoms with Gasteiger partial charge in [-0.1, -0.05) is 6.42 Å². The van der Waals surface area contributed by atoms with Gasteiger partial charge in [-0.05, 0) is 31.1 Å². The van der Waals surface area contributed by atoms with E-state index in [1.54, 1.807) is 0 Å². The van der Waals surface area contributed by atoms with Crippen molar-refractivity contribution in [3.8, 4) is 0 Å². The molecular formula is C13H24N2O. The fourth-order valence-electron chi connectivity index (χ4n) is 3.73. The molecule has 1 heterocycles. The third kappa shape index (κ3) is 2.41. The molecule has 92 valence electrons. The molecule has 3 rings (SSSR count). The van der Waals surface area contributed by atoms with Crippen molar-refractivity contribution in [3.05, 3.63) is 0 Å². The van der Waals surface area contributed by atoms with Gasteiger partial charge in [0.15, 0.2) is 0 Å². The van der Waals surface area contributed by atoms with Crippen molar-refractivity contribution in [3.63, 3.8) is 0 Å². The summed E-state index contributed by atoms with van der Waals surface area (Å²) in [6.45, 7) is 6.48. The van der Waals surface area contributed by atoms with Crippen molar-refractivity contribution in [2.45, 2.75) is 31.7 Å². The van der Waals surface area contributed by atoms with Gasteiger partial charge < -0.3 is 10.1 Å². The summed E-state index contributed by atoms with van der Waals surface area (Å²) in [4.78, 5) is 2.52. The molecule has 16 heavy (non-hydrogen) atoms. The zero-order valence-electron chi connectivity index (χ0n) is 10.2. The molecule has 0 aromatic carbocycles. The van der Waals surface area contributed by atoms with E-state index in [1.165, 1.54) is 38.8 Å². The predicted octanol–water partition coefficient (Wildman–Crippen LogP) is 1.10. The van der Waals surface area contributed by atoms with Crippen LogP contribution in [0.15, 0.2) is 0 Å². The maximum Gasteiger partial charge on any atom is 0.0594 e. The molecule has 2 saturated carbocycles. The van der Waals surface area contributed by atoms with Gasteiger partial charge in [-0.15, -0.1) is 0 Å². The van der Waals surface area contributed by atoms with Crippen molar-refractivity contribution in [2.75, 3.05) is 39.4 Å². The van der Waals surface area contributed by atoms with Gasteiger partial charge >= 0.3 is 0 Å². The fraction of sp³-hybridized carbons (Fsp3) is 1.00. The van der Waals surface area contributed by atoms with Crippen LogP contribution in [0.3, 0.4) is 0 Å². The molecular weight excluding hydrogens is 200 g/mol. The highest BCUT2D eigenvalue weighted by Gasteiger charge is 2.38. The number of morpholine rings is 1. The Morgan fingerprint density at radius 3 is 2.69 bits per heavy atom. The van der Waals surface area contributed by atoms with E-state index in [9.17, 15) is 0 Å². The van der Waals surface area contributed by atoms with Gasteiger partial charge in [0, 0.05) is 32.2 Å². The molecule has 1 saturated heterocycles. The number of ether oxygens (including phenoxy) is 1. The fourth-order valence-corrected chi connectivity index (χ4v) is 3.73. The van der Waals surface area contributed by atoms with E-state index >= 15 is 0 Å². The largest absolute Gasteiger partial charge is 0.379 e. The van der Waals surface area contributed by atoms with Crippen LogP contribution in [0.25, 0.3) is 0 Å². The summed E-state index contributed by atoms with van der Waals surface area (Å²) in [5, 5.41) is 3.78. The van der Waals surface area contributed by atoms with Crippen molar-refractivity contribution >= 4 is 0 Å². The highest BCUT2D eigenvalue weighted by molar-refractivity contribution is 4.94. The van der Waals surface area contributed by atoms with Crippen LogP contribution >= 0.6 is 0 Å². The molecule has 0 unspecified atom stereocenters. The van der Waals surface area contributed by atoms with Crippen molar-refractivity contribution in [1.29, 1.82) is 0 Å². The maximum absolute atomic E-state index is 5.36. The lowest BCUT2D eigenvalue weighted by molar-refractivity contribution is 0.0379. The first-order valence-electron chi connectivity index (χ1n) is 6.95. The second-order valence-electron chi connectivity index (χ2n) is 5.69. The van der Waals surface area contributed by atoms with Crippen LogP contribution in [0.2, 0.25) is 0 Å². The summed E-state index contributed by atoms with van der Waals surface area (Å²) in [5.41, 5.74) is 0. The minimum absolute atomic E-state index is 0.847. The number of fused-ring (bicyclic) bond motifs is 2. The third-order valence-corrected chi connectivity index (χ3v) is 4.68. The lowest BCUT2D eigenvalue weighted by Crippen LogP contribution is -2.43. The van der Waals surface area contributed by atoms with Gasteiger partial charge in [0.05, 0.1) is 13.2 Å². The van der Waals surface area contributed by atoms with Crippen LogP contribution in [0, 0.1) is 11.8 Å². The summed E-state index contributed by atoms with van der Waals surface area (Å²) in [6.07, 6.45) is 5.95. The zero-order valence-corrected chi connectivity index (χ0v) is 10.2. The van der Waals surface area contributed by atoms with E-state index in [-0.39, 0.29) is 0 Å². The molecule has 0 aromatic rings. The summed E-state index contributed by atoms with van der Waals surface area (Å²) in [5.74, 6) is 2.07. The highest BCUT2D eigenvalue weighted by atomic mass is 16.5. The van der Waals surface area contributed by atoms with Crippen molar-refractivity contribution in [2.24, 2.45) is 11.8 Å². The first-order chi connectivity index (χ1) is 7.92. The number of nitrogens with one attached hydrogen (secondary N) is 1. The van der Waals surface area contributed by atoms with Gasteiger partial charge in [0.1, 0.15) is 0 Å². The summed E-state index contributed by atoms with van der Waals surface area (Å²) >= 11 is 0. The Bertz CT molecular complexity index is 228. The number of hydrogen-bond donors (Lipinski definition) is 1. The minimum Gasteiger partial charge on any atom is -0.379 e. The Morgan fingerprint density at radius 2 is 2.00 bits per heavy atom. The maximum atomic E-state index is 5.36. The second kappa shape index (κ2) is 5.03. The Kier molecular flexibility index (Phi) is 3.46. The summed E-state index contributed by atoms with van der Waals surface area (Å²) < 4.78 is 5.36. The molecule has 0 amide bonds. The Labute approximate surface area is 98.5 Å². The first-order valence-corrected chi connectivity index (χ1v) is 6.95. The summed E-state index contributed by atoms with van der Waals surface area (Å²) in [6, 6.07) is 0.847. The Hall–Kier alpha value is -0.120. The molecule has 2 bridgehead atoms. The lowest BCUT2D eigenvalue weighted by Gasteiger charge is -2.28. The van der Waals surface area contributed by atoms with E-state index in [2.05, 4.69) is 10.2 Å². The number of hydrogen-bond acceptors (Lipinski definition) is 3. The molecule has 0 aromatic heterocycles. The van der Waals surface area contributed by atoms with Crippen LogP contribution in [-0.4, -0.2) is 50.3 Å². The van der Waals surface area contributed by atoms with Crippen LogP contribution in [0.4, 0.5) is 0 Å². The van der Waals surface area contributed by atoms with Gasteiger partial charge in [-0.25, -0.2) is 0 Å². The third-order valence-electron chi connectivity index (χ3n) is 4.68. The van der Waals surface area contributed by atoms with E-state index in [0.717, 1.165) is 44.2 Å². The molecule has 3 atom stereocenters. The molecule has 0 spiro atoms. The van der Waals surface area contributed by atoms with Crippen molar-refractivity contribution in [1.82, 2.24) is 10.2 Å². The first kappa shape index (κ1) is 11.0. The zero-order chi connectivity index (χ0) is 10.8. The topological polar surface area (TPSA) is 24.5 Å². The highest BCUT2D eigenvalue weighted by Crippen LogP contribution is 2.44. The standard InChI is InChI=1S/C13H24N2O/c1-2-12-9-11(1)10-13(12)14-3-4-15-5-7-16-8-6-15/h11-14H,1-10H2/t11-,12-,13-/m0/s1. The minimum atomic E-state index is 0.847. The number of rotatable bonds is 4. The Morgan fingerprint density at radius 1 is 1.12 bits per heavy atom. The molecule has 3 nitrogen and oxygen atoms in total. The van der Waals surface area contributed by atoms with Crippen LogP contribution < -0.4 is 5.32 Å². The molecule has 2 aliphatic carbocycles. The average Bonchev–Trinajstić information content (AvgIpc) is 2.92. The summed E-state index contributed by atoms with van der Waals surface area (Å²) in [7, 11) is 0. The predicted molar refractivity (Wildman–Crippen MR) is 64.5 cm³/mol. The molecule has 3 fully saturated rings. The average molecular weight is 224 g/mol. The van der Waals surface area contributed by atoms with Gasteiger partial charge in [-0.2, -0.15) is 0 Å². The van der Waals surface area contributed by atoms with Crippen LogP contribution in [0.5, 0.6) is 0 Å². The monoisotopic (exact) mass is 224 g/mol. The molecule has 0 radical (unpaired) electrons. The lowest BCUT2D eigenvalue weighted by atomic mass is 9.95. The molecule has 1 aliphatic heterocycles. The van der Waals surface area contributed by atoms with E-state index in [1.807, 2.05) is 0 Å². The van der Waals surface area contributed by atoms with Gasteiger partial charge in [0.2, 0.25) is 0 Å².